The Labute approximate surface area is 92.7 Å². The average molecular weight is 282 g/mol. The van der Waals surface area contributed by atoms with Gasteiger partial charge in [-0.25, -0.2) is 0 Å². The zero-order chi connectivity index (χ0) is 9.30. The first kappa shape index (κ1) is 10.6. The maximum absolute atomic E-state index is 6.02. The van der Waals surface area contributed by atoms with Crippen LogP contribution in [-0.4, -0.2) is 8.14 Å². The molecule has 0 aliphatic carbocycles. The van der Waals surface area contributed by atoms with Gasteiger partial charge in [0, 0.05) is 0 Å². The molecule has 0 amide bonds. The average Bonchev–Trinajstić information content (AvgIpc) is 2.08. The second-order valence-electron chi connectivity index (χ2n) is 2.59. The van der Waals surface area contributed by atoms with Gasteiger partial charge in [-0.05, 0) is 30.2 Å². The Balaban J connectivity index is 3.39. The molecule has 0 aliphatic rings. The molecule has 4 heteroatoms. The molecule has 0 spiro atoms. The molecule has 0 N–H and O–H groups in total. The van der Waals surface area contributed by atoms with Crippen LogP contribution < -0.4 is 5.19 Å². The molecule has 0 unspecified atom stereocenters. The first-order valence-corrected chi connectivity index (χ1v) is 7.41. The van der Waals surface area contributed by atoms with Crippen molar-refractivity contribution in [1.82, 2.24) is 0 Å². The van der Waals surface area contributed by atoms with Crippen LogP contribution in [0.1, 0.15) is 11.1 Å². The van der Waals surface area contributed by atoms with E-state index in [1.807, 2.05) is 13.8 Å². The summed E-state index contributed by atoms with van der Waals surface area (Å²) in [7, 11) is 0.587. The lowest BCUT2D eigenvalue weighted by atomic mass is 10.2. The third-order valence-electron chi connectivity index (χ3n) is 1.73. The topological polar surface area (TPSA) is 0 Å². The standard InChI is InChI=1S/C8H7BrCl2Si/c1-4-3-6(12-9)5(2)8(11)7(4)10/h3H,1-2H3. The molecule has 0 saturated carbocycles. The van der Waals surface area contributed by atoms with Gasteiger partial charge < -0.3 is 0 Å². The van der Waals surface area contributed by atoms with E-state index in [-0.39, 0.29) is 0 Å². The van der Waals surface area contributed by atoms with Crippen LogP contribution in [0, 0.1) is 13.8 Å². The smallest absolute Gasteiger partial charge is 0.125 e. The highest BCUT2D eigenvalue weighted by molar-refractivity contribution is 9.23. The number of halogens is 3. The normalized spacial score (nSPS) is 10.4. The Kier molecular flexibility index (Phi) is 3.65. The molecular weight excluding hydrogens is 275 g/mol. The monoisotopic (exact) mass is 280 g/mol. The van der Waals surface area contributed by atoms with Gasteiger partial charge in [-0.3, -0.25) is 0 Å². The van der Waals surface area contributed by atoms with E-state index in [1.165, 1.54) is 5.19 Å². The molecule has 1 aromatic rings. The SMILES string of the molecule is Cc1cc([Si]Br)c(C)c(Cl)c1Cl. The van der Waals surface area contributed by atoms with Crippen molar-refractivity contribution in [3.8, 4) is 0 Å². The van der Waals surface area contributed by atoms with Crippen molar-refractivity contribution in [2.75, 3.05) is 0 Å². The number of rotatable bonds is 1. The molecule has 0 atom stereocenters. The molecule has 0 aliphatic heterocycles. The van der Waals surface area contributed by atoms with Crippen molar-refractivity contribution in [3.05, 3.63) is 27.2 Å². The zero-order valence-corrected chi connectivity index (χ0v) is 10.8. The fourth-order valence-electron chi connectivity index (χ4n) is 0.942. The third-order valence-corrected chi connectivity index (χ3v) is 4.80. The van der Waals surface area contributed by atoms with E-state index >= 15 is 0 Å². The molecule has 0 fully saturated rings. The second-order valence-corrected chi connectivity index (χ2v) is 5.26. The fraction of sp³-hybridized carbons (Fsp3) is 0.250. The van der Waals surface area contributed by atoms with E-state index in [9.17, 15) is 0 Å². The summed E-state index contributed by atoms with van der Waals surface area (Å²) in [6.45, 7) is 3.95. The molecule has 12 heavy (non-hydrogen) atoms. The predicted octanol–water partition coefficient (Wildman–Crippen LogP) is 3.25. The summed E-state index contributed by atoms with van der Waals surface area (Å²) >= 11 is 15.4. The fourth-order valence-corrected chi connectivity index (χ4v) is 3.24. The van der Waals surface area contributed by atoms with Crippen LogP contribution in [0.15, 0.2) is 6.07 Å². The molecule has 0 bridgehead atoms. The number of hydrogen-bond acceptors (Lipinski definition) is 0. The Morgan fingerprint density at radius 1 is 1.25 bits per heavy atom. The Morgan fingerprint density at radius 3 is 2.33 bits per heavy atom. The lowest BCUT2D eigenvalue weighted by Crippen LogP contribution is -2.13. The van der Waals surface area contributed by atoms with Gasteiger partial charge in [0.15, 0.2) is 8.14 Å². The van der Waals surface area contributed by atoms with E-state index in [4.69, 9.17) is 23.2 Å². The summed E-state index contributed by atoms with van der Waals surface area (Å²) in [5, 5.41) is 2.57. The van der Waals surface area contributed by atoms with E-state index < -0.39 is 0 Å². The van der Waals surface area contributed by atoms with Crippen molar-refractivity contribution in [2.45, 2.75) is 13.8 Å². The van der Waals surface area contributed by atoms with Crippen LogP contribution in [0.25, 0.3) is 0 Å². The summed E-state index contributed by atoms with van der Waals surface area (Å²) < 4.78 is 0. The predicted molar refractivity (Wildman–Crippen MR) is 60.3 cm³/mol. The quantitative estimate of drug-likeness (QED) is 0.548. The van der Waals surface area contributed by atoms with Gasteiger partial charge in [0.1, 0.15) is 0 Å². The maximum atomic E-state index is 6.02. The first-order valence-electron chi connectivity index (χ1n) is 3.39. The van der Waals surface area contributed by atoms with Gasteiger partial charge in [0.25, 0.3) is 0 Å². The summed E-state index contributed by atoms with van der Waals surface area (Å²) in [4.78, 5) is 0. The summed E-state index contributed by atoms with van der Waals surface area (Å²) in [5.41, 5.74) is 2.11. The van der Waals surface area contributed by atoms with Gasteiger partial charge in [0.05, 0.1) is 10.0 Å². The Hall–Kier alpha value is 0.497. The molecule has 64 valence electrons. The zero-order valence-electron chi connectivity index (χ0n) is 6.71. The van der Waals surface area contributed by atoms with Crippen LogP contribution in [-0.2, 0) is 0 Å². The van der Waals surface area contributed by atoms with Crippen molar-refractivity contribution < 1.29 is 0 Å². The van der Waals surface area contributed by atoms with E-state index in [1.54, 1.807) is 0 Å². The summed E-state index contributed by atoms with van der Waals surface area (Å²) in [5.74, 6) is 0. The molecule has 2 radical (unpaired) electrons. The Bertz CT molecular complexity index is 312. The number of benzene rings is 1. The highest BCUT2D eigenvalue weighted by Crippen LogP contribution is 2.27. The highest BCUT2D eigenvalue weighted by Gasteiger charge is 2.09. The molecular formula is C8H7BrCl2Si. The van der Waals surface area contributed by atoms with E-state index in [0.29, 0.717) is 18.2 Å². The van der Waals surface area contributed by atoms with Crippen LogP contribution in [0.3, 0.4) is 0 Å². The second kappa shape index (κ2) is 4.14. The van der Waals surface area contributed by atoms with Crippen LogP contribution in [0.5, 0.6) is 0 Å². The van der Waals surface area contributed by atoms with E-state index in [2.05, 4.69) is 21.4 Å². The van der Waals surface area contributed by atoms with Crippen LogP contribution >= 0.6 is 38.5 Å². The molecule has 0 aromatic heterocycles. The third kappa shape index (κ3) is 1.87. The van der Waals surface area contributed by atoms with E-state index in [0.717, 1.165) is 11.1 Å². The lowest BCUT2D eigenvalue weighted by molar-refractivity contribution is 1.43. The minimum Gasteiger partial charge on any atom is -0.125 e. The van der Waals surface area contributed by atoms with Crippen LogP contribution in [0.4, 0.5) is 0 Å². The highest BCUT2D eigenvalue weighted by atomic mass is 79.9. The van der Waals surface area contributed by atoms with Crippen molar-refractivity contribution >= 4 is 51.8 Å². The largest absolute Gasteiger partial charge is 0.176 e. The minimum absolute atomic E-state index is 0.587. The molecule has 0 saturated heterocycles. The van der Waals surface area contributed by atoms with Gasteiger partial charge >= 0.3 is 0 Å². The number of hydrogen-bond donors (Lipinski definition) is 0. The number of aryl methyl sites for hydroxylation is 1. The summed E-state index contributed by atoms with van der Waals surface area (Å²) in [6.07, 6.45) is 0. The summed E-state index contributed by atoms with van der Waals surface area (Å²) in [6, 6.07) is 2.07. The van der Waals surface area contributed by atoms with Crippen molar-refractivity contribution in [3.63, 3.8) is 0 Å². The molecule has 1 rings (SSSR count). The molecule has 0 heterocycles. The van der Waals surface area contributed by atoms with Crippen LogP contribution in [0.2, 0.25) is 10.0 Å². The first-order chi connectivity index (χ1) is 5.57. The van der Waals surface area contributed by atoms with Crippen molar-refractivity contribution in [1.29, 1.82) is 0 Å². The van der Waals surface area contributed by atoms with Gasteiger partial charge in [-0.2, -0.15) is 0 Å². The minimum atomic E-state index is 0.587. The van der Waals surface area contributed by atoms with Gasteiger partial charge in [0.2, 0.25) is 0 Å². The Morgan fingerprint density at radius 2 is 1.83 bits per heavy atom. The van der Waals surface area contributed by atoms with Gasteiger partial charge in [-0.15, -0.1) is 15.3 Å². The molecule has 0 nitrogen and oxygen atoms in total. The molecule has 1 aromatic carbocycles. The maximum Gasteiger partial charge on any atom is 0.176 e. The van der Waals surface area contributed by atoms with Crippen molar-refractivity contribution in [2.24, 2.45) is 0 Å². The lowest BCUT2D eigenvalue weighted by Gasteiger charge is -2.08. The van der Waals surface area contributed by atoms with Gasteiger partial charge in [-0.1, -0.05) is 29.3 Å².